The molecule has 0 saturated carbocycles. The molecule has 0 N–H and O–H groups in total. The Morgan fingerprint density at radius 2 is 2.07 bits per heavy atom. The van der Waals surface area contributed by atoms with Gasteiger partial charge in [-0.3, -0.25) is 0 Å². The molecule has 0 aliphatic rings. The third-order valence-corrected chi connectivity index (χ3v) is 1.66. The third kappa shape index (κ3) is 2.88. The molecule has 0 saturated heterocycles. The maximum atomic E-state index is 10.1. The SMILES string of the molecule is COC(C=C=O)=Nc1ccc(C)cc1. The highest BCUT2D eigenvalue weighted by atomic mass is 16.5. The van der Waals surface area contributed by atoms with E-state index in [4.69, 9.17) is 4.74 Å². The quantitative estimate of drug-likeness (QED) is 0.406. The first-order valence-corrected chi connectivity index (χ1v) is 4.16. The minimum Gasteiger partial charge on any atom is -0.480 e. The number of benzene rings is 1. The summed E-state index contributed by atoms with van der Waals surface area (Å²) in [5.41, 5.74) is 1.91. The highest BCUT2D eigenvalue weighted by Gasteiger charge is 1.93. The molecule has 0 atom stereocenters. The van der Waals surface area contributed by atoms with Crippen molar-refractivity contribution in [1.82, 2.24) is 0 Å². The average Bonchev–Trinajstić information content (AvgIpc) is 2.20. The molecule has 1 rings (SSSR count). The number of hydrogen-bond acceptors (Lipinski definition) is 3. The minimum absolute atomic E-state index is 0.254. The second-order valence-corrected chi connectivity index (χ2v) is 2.75. The van der Waals surface area contributed by atoms with Crippen molar-refractivity contribution in [3.63, 3.8) is 0 Å². The summed E-state index contributed by atoms with van der Waals surface area (Å²) >= 11 is 0. The first-order valence-electron chi connectivity index (χ1n) is 4.16. The molecule has 3 nitrogen and oxygen atoms in total. The predicted octanol–water partition coefficient (Wildman–Crippen LogP) is 2.06. The highest BCUT2D eigenvalue weighted by molar-refractivity contribution is 5.95. The van der Waals surface area contributed by atoms with Crippen LogP contribution < -0.4 is 0 Å². The number of nitrogens with zero attached hydrogens (tertiary/aromatic N) is 1. The topological polar surface area (TPSA) is 38.7 Å². The smallest absolute Gasteiger partial charge is 0.224 e. The lowest BCUT2D eigenvalue weighted by Crippen LogP contribution is -1.95. The Bertz CT molecular complexity index is 373. The number of hydrogen-bond donors (Lipinski definition) is 0. The molecule has 0 bridgehead atoms. The van der Waals surface area contributed by atoms with E-state index in [1.54, 1.807) is 5.94 Å². The van der Waals surface area contributed by atoms with E-state index in [9.17, 15) is 4.79 Å². The summed E-state index contributed by atoms with van der Waals surface area (Å²) < 4.78 is 4.86. The summed E-state index contributed by atoms with van der Waals surface area (Å²) in [6, 6.07) is 7.59. The van der Waals surface area contributed by atoms with E-state index in [1.807, 2.05) is 31.2 Å². The van der Waals surface area contributed by atoms with Crippen LogP contribution in [-0.4, -0.2) is 18.9 Å². The zero-order chi connectivity index (χ0) is 10.4. The lowest BCUT2D eigenvalue weighted by molar-refractivity contribution is 0.407. The van der Waals surface area contributed by atoms with Crippen molar-refractivity contribution < 1.29 is 9.53 Å². The van der Waals surface area contributed by atoms with Crippen molar-refractivity contribution in [2.45, 2.75) is 6.92 Å². The van der Waals surface area contributed by atoms with Crippen LogP contribution in [0.5, 0.6) is 0 Å². The largest absolute Gasteiger partial charge is 0.480 e. The van der Waals surface area contributed by atoms with E-state index in [0.717, 1.165) is 17.3 Å². The number of rotatable bonds is 2. The van der Waals surface area contributed by atoms with Crippen molar-refractivity contribution in [3.05, 3.63) is 35.9 Å². The molecule has 0 fully saturated rings. The van der Waals surface area contributed by atoms with Gasteiger partial charge in [0.15, 0.2) is 0 Å². The van der Waals surface area contributed by atoms with E-state index in [0.29, 0.717) is 0 Å². The van der Waals surface area contributed by atoms with Crippen LogP contribution in [0.1, 0.15) is 5.56 Å². The van der Waals surface area contributed by atoms with Gasteiger partial charge < -0.3 is 4.74 Å². The third-order valence-electron chi connectivity index (χ3n) is 1.66. The number of aryl methyl sites for hydroxylation is 1. The Balaban J connectivity index is 2.94. The van der Waals surface area contributed by atoms with Gasteiger partial charge in [-0.15, -0.1) is 0 Å². The van der Waals surface area contributed by atoms with Gasteiger partial charge in [-0.05, 0) is 19.1 Å². The average molecular weight is 189 g/mol. The van der Waals surface area contributed by atoms with Crippen LogP contribution in [0.2, 0.25) is 0 Å². The van der Waals surface area contributed by atoms with Gasteiger partial charge in [-0.25, -0.2) is 9.79 Å². The fourth-order valence-electron chi connectivity index (χ4n) is 0.934. The zero-order valence-corrected chi connectivity index (χ0v) is 8.15. The molecule has 0 amide bonds. The van der Waals surface area contributed by atoms with Gasteiger partial charge >= 0.3 is 0 Å². The van der Waals surface area contributed by atoms with Gasteiger partial charge in [0.25, 0.3) is 0 Å². The number of carbonyl (C=O) groups excluding carboxylic acids is 1. The Kier molecular flexibility index (Phi) is 3.65. The van der Waals surface area contributed by atoms with Crippen LogP contribution in [-0.2, 0) is 9.53 Å². The van der Waals surface area contributed by atoms with E-state index in [2.05, 4.69) is 4.99 Å². The molecule has 14 heavy (non-hydrogen) atoms. The molecule has 0 aliphatic heterocycles. The molecular formula is C11H11NO2. The molecule has 1 aromatic rings. The monoisotopic (exact) mass is 189 g/mol. The van der Waals surface area contributed by atoms with E-state index < -0.39 is 0 Å². The summed E-state index contributed by atoms with van der Waals surface area (Å²) in [6.45, 7) is 2.00. The summed E-state index contributed by atoms with van der Waals surface area (Å²) in [6.07, 6.45) is 1.15. The van der Waals surface area contributed by atoms with Crippen molar-refractivity contribution in [2.24, 2.45) is 4.99 Å². The Hall–Kier alpha value is -1.86. The first kappa shape index (κ1) is 10.2. The molecule has 72 valence electrons. The summed E-state index contributed by atoms with van der Waals surface area (Å²) in [5, 5.41) is 0. The van der Waals surface area contributed by atoms with Crippen LogP contribution in [0, 0.1) is 6.92 Å². The van der Waals surface area contributed by atoms with Gasteiger partial charge in [0.05, 0.1) is 18.9 Å². The summed E-state index contributed by atoms with van der Waals surface area (Å²) in [4.78, 5) is 14.2. The lowest BCUT2D eigenvalue weighted by Gasteiger charge is -1.98. The highest BCUT2D eigenvalue weighted by Crippen LogP contribution is 2.12. The van der Waals surface area contributed by atoms with Crippen LogP contribution >= 0.6 is 0 Å². The fraction of sp³-hybridized carbons (Fsp3) is 0.182. The van der Waals surface area contributed by atoms with E-state index in [1.165, 1.54) is 7.11 Å². The van der Waals surface area contributed by atoms with E-state index >= 15 is 0 Å². The van der Waals surface area contributed by atoms with Crippen LogP contribution in [0.15, 0.2) is 35.3 Å². The van der Waals surface area contributed by atoms with Gasteiger partial charge in [0, 0.05) is 0 Å². The Morgan fingerprint density at radius 1 is 1.43 bits per heavy atom. The normalized spacial score (nSPS) is 10.6. The first-order chi connectivity index (χ1) is 6.76. The van der Waals surface area contributed by atoms with E-state index in [-0.39, 0.29) is 5.90 Å². The Morgan fingerprint density at radius 3 is 2.57 bits per heavy atom. The van der Waals surface area contributed by atoms with Gasteiger partial charge in [-0.1, -0.05) is 17.7 Å². The predicted molar refractivity (Wildman–Crippen MR) is 55.5 cm³/mol. The van der Waals surface area contributed by atoms with Crippen molar-refractivity contribution in [3.8, 4) is 0 Å². The van der Waals surface area contributed by atoms with Crippen molar-refractivity contribution >= 4 is 17.5 Å². The molecule has 0 aliphatic carbocycles. The van der Waals surface area contributed by atoms with Crippen LogP contribution in [0.25, 0.3) is 0 Å². The molecule has 0 unspecified atom stereocenters. The Labute approximate surface area is 82.7 Å². The standard InChI is InChI=1S/C11H11NO2/c1-9-3-5-10(6-4-9)12-11(14-2)7-8-13/h3-7H,1-2H3. The van der Waals surface area contributed by atoms with Crippen molar-refractivity contribution in [1.29, 1.82) is 0 Å². The molecule has 1 aromatic carbocycles. The maximum absolute atomic E-state index is 10.1. The summed E-state index contributed by atoms with van der Waals surface area (Å²) in [5.74, 6) is 1.87. The minimum atomic E-state index is 0.254. The number of aliphatic imine (C=N–C) groups is 1. The molecule has 0 heterocycles. The number of methoxy groups -OCH3 is 1. The molecule has 0 radical (unpaired) electrons. The molecule has 0 spiro atoms. The fourth-order valence-corrected chi connectivity index (χ4v) is 0.934. The second kappa shape index (κ2) is 5.00. The number of ether oxygens (including phenoxy) is 1. The lowest BCUT2D eigenvalue weighted by atomic mass is 10.2. The van der Waals surface area contributed by atoms with Crippen LogP contribution in [0.3, 0.4) is 0 Å². The van der Waals surface area contributed by atoms with Gasteiger partial charge in [0.2, 0.25) is 5.90 Å². The van der Waals surface area contributed by atoms with Gasteiger partial charge in [0.1, 0.15) is 5.94 Å². The maximum Gasteiger partial charge on any atom is 0.224 e. The van der Waals surface area contributed by atoms with Gasteiger partial charge in [-0.2, -0.15) is 0 Å². The summed E-state index contributed by atoms with van der Waals surface area (Å²) in [7, 11) is 1.46. The van der Waals surface area contributed by atoms with Crippen LogP contribution in [0.4, 0.5) is 5.69 Å². The van der Waals surface area contributed by atoms with Crippen molar-refractivity contribution in [2.75, 3.05) is 7.11 Å². The molecule has 0 aromatic heterocycles. The second-order valence-electron chi connectivity index (χ2n) is 2.75. The zero-order valence-electron chi connectivity index (χ0n) is 8.15. The molecular weight excluding hydrogens is 178 g/mol. The molecule has 3 heteroatoms.